The Hall–Kier alpha value is -0.960. The molecule has 0 spiro atoms. The van der Waals surface area contributed by atoms with E-state index in [-0.39, 0.29) is 0 Å². The molecule has 0 bridgehead atoms. The SMILES string of the molecule is Cn1cc(S(=O)(=O)N2CC(N3CCN(C4CCCCC4)CC3)C2)cn1. The van der Waals surface area contributed by atoms with Crippen molar-refractivity contribution in [1.29, 1.82) is 0 Å². The normalized spacial score (nSPS) is 26.0. The molecule has 7 nitrogen and oxygen atoms in total. The van der Waals surface area contributed by atoms with E-state index >= 15 is 0 Å². The van der Waals surface area contributed by atoms with Crippen molar-refractivity contribution in [3.8, 4) is 0 Å². The molecule has 25 heavy (non-hydrogen) atoms. The minimum Gasteiger partial charge on any atom is -0.298 e. The van der Waals surface area contributed by atoms with E-state index in [0.29, 0.717) is 24.0 Å². The highest BCUT2D eigenvalue weighted by molar-refractivity contribution is 7.89. The number of hydrogen-bond donors (Lipinski definition) is 0. The molecular formula is C17H29N5O2S. The molecule has 4 rings (SSSR count). The maximum absolute atomic E-state index is 12.6. The van der Waals surface area contributed by atoms with Gasteiger partial charge in [0.25, 0.3) is 0 Å². The highest BCUT2D eigenvalue weighted by Crippen LogP contribution is 2.27. The second kappa shape index (κ2) is 6.98. The van der Waals surface area contributed by atoms with Crippen molar-refractivity contribution in [2.24, 2.45) is 7.05 Å². The smallest absolute Gasteiger partial charge is 0.246 e. The molecule has 1 aliphatic carbocycles. The van der Waals surface area contributed by atoms with Crippen LogP contribution >= 0.6 is 0 Å². The summed E-state index contributed by atoms with van der Waals surface area (Å²) < 4.78 is 28.2. The van der Waals surface area contributed by atoms with Gasteiger partial charge in [0, 0.05) is 64.6 Å². The van der Waals surface area contributed by atoms with Crippen LogP contribution in [0.4, 0.5) is 0 Å². The maximum Gasteiger partial charge on any atom is 0.246 e. The second-order valence-electron chi connectivity index (χ2n) is 7.69. The first-order valence-electron chi connectivity index (χ1n) is 9.51. The molecule has 0 amide bonds. The molecule has 1 aromatic rings. The summed E-state index contributed by atoms with van der Waals surface area (Å²) in [6.07, 6.45) is 9.90. The maximum atomic E-state index is 12.6. The van der Waals surface area contributed by atoms with E-state index in [1.54, 1.807) is 17.5 Å². The van der Waals surface area contributed by atoms with Gasteiger partial charge in [-0.2, -0.15) is 9.40 Å². The van der Waals surface area contributed by atoms with Crippen LogP contribution in [-0.2, 0) is 17.1 Å². The zero-order valence-corrected chi connectivity index (χ0v) is 15.9. The van der Waals surface area contributed by atoms with Crippen molar-refractivity contribution in [3.63, 3.8) is 0 Å². The zero-order chi connectivity index (χ0) is 17.4. The van der Waals surface area contributed by atoms with E-state index < -0.39 is 10.0 Å². The highest BCUT2D eigenvalue weighted by Gasteiger charge is 2.41. The van der Waals surface area contributed by atoms with Crippen LogP contribution in [0.5, 0.6) is 0 Å². The summed E-state index contributed by atoms with van der Waals surface area (Å²) in [5.74, 6) is 0. The predicted octanol–water partition coefficient (Wildman–Crippen LogP) is 0.743. The number of nitrogens with zero attached hydrogens (tertiary/aromatic N) is 5. The molecule has 0 aromatic carbocycles. The summed E-state index contributed by atoms with van der Waals surface area (Å²) in [5, 5.41) is 3.98. The molecule has 0 N–H and O–H groups in total. The summed E-state index contributed by atoms with van der Waals surface area (Å²) >= 11 is 0. The summed E-state index contributed by atoms with van der Waals surface area (Å²) in [7, 11) is -1.63. The van der Waals surface area contributed by atoms with Crippen molar-refractivity contribution < 1.29 is 8.42 Å². The molecular weight excluding hydrogens is 338 g/mol. The first-order valence-corrected chi connectivity index (χ1v) is 10.9. The summed E-state index contributed by atoms with van der Waals surface area (Å²) in [6, 6.07) is 1.17. The standard InChI is InChI=1S/C17H29N5O2S/c1-19-14-17(11-18-19)25(23,24)22-12-16(13-22)21-9-7-20(8-10-21)15-5-3-2-4-6-15/h11,14-16H,2-10,12-13H2,1H3. The minimum atomic E-state index is -3.37. The average molecular weight is 368 g/mol. The fraction of sp³-hybridized carbons (Fsp3) is 0.824. The van der Waals surface area contributed by atoms with Gasteiger partial charge in [-0.3, -0.25) is 14.5 Å². The van der Waals surface area contributed by atoms with Crippen molar-refractivity contribution in [2.45, 2.75) is 49.1 Å². The van der Waals surface area contributed by atoms with Gasteiger partial charge in [-0.05, 0) is 12.8 Å². The van der Waals surface area contributed by atoms with Crippen LogP contribution in [0, 0.1) is 0 Å². The molecule has 0 atom stereocenters. The molecule has 3 aliphatic rings. The third-order valence-electron chi connectivity index (χ3n) is 6.10. The Morgan fingerprint density at radius 3 is 2.12 bits per heavy atom. The van der Waals surface area contributed by atoms with Gasteiger partial charge in [0.1, 0.15) is 4.90 Å². The highest BCUT2D eigenvalue weighted by atomic mass is 32.2. The van der Waals surface area contributed by atoms with Gasteiger partial charge in [-0.1, -0.05) is 19.3 Å². The summed E-state index contributed by atoms with van der Waals surface area (Å²) in [5.41, 5.74) is 0. The fourth-order valence-electron chi connectivity index (χ4n) is 4.44. The molecule has 2 aliphatic heterocycles. The third kappa shape index (κ3) is 3.49. The van der Waals surface area contributed by atoms with Crippen LogP contribution in [-0.4, -0.2) is 83.7 Å². The van der Waals surface area contributed by atoms with Crippen LogP contribution in [0.15, 0.2) is 17.3 Å². The lowest BCUT2D eigenvalue weighted by atomic mass is 9.93. The lowest BCUT2D eigenvalue weighted by molar-refractivity contribution is 0.0202. The van der Waals surface area contributed by atoms with E-state index in [4.69, 9.17) is 0 Å². The minimum absolute atomic E-state index is 0.301. The van der Waals surface area contributed by atoms with Gasteiger partial charge in [0.2, 0.25) is 10.0 Å². The van der Waals surface area contributed by atoms with E-state index in [1.807, 2.05) is 0 Å². The number of sulfonamides is 1. The van der Waals surface area contributed by atoms with Gasteiger partial charge in [-0.25, -0.2) is 8.42 Å². The Kier molecular flexibility index (Phi) is 4.87. The van der Waals surface area contributed by atoms with Gasteiger partial charge in [-0.15, -0.1) is 0 Å². The lowest BCUT2D eigenvalue weighted by Gasteiger charge is -2.48. The van der Waals surface area contributed by atoms with Crippen LogP contribution in [0.1, 0.15) is 32.1 Å². The van der Waals surface area contributed by atoms with E-state index in [2.05, 4.69) is 14.9 Å². The molecule has 3 fully saturated rings. The Morgan fingerprint density at radius 1 is 0.960 bits per heavy atom. The van der Waals surface area contributed by atoms with Crippen molar-refractivity contribution in [1.82, 2.24) is 23.9 Å². The molecule has 0 radical (unpaired) electrons. The van der Waals surface area contributed by atoms with Crippen molar-refractivity contribution in [2.75, 3.05) is 39.3 Å². The molecule has 3 heterocycles. The molecule has 8 heteroatoms. The fourth-order valence-corrected chi connectivity index (χ4v) is 5.94. The zero-order valence-electron chi connectivity index (χ0n) is 15.0. The van der Waals surface area contributed by atoms with Crippen LogP contribution in [0.2, 0.25) is 0 Å². The summed E-state index contributed by atoms with van der Waals surface area (Å²) in [4.78, 5) is 5.45. The largest absolute Gasteiger partial charge is 0.298 e. The Balaban J connectivity index is 1.27. The second-order valence-corrected chi connectivity index (χ2v) is 9.63. The predicted molar refractivity (Wildman–Crippen MR) is 95.8 cm³/mol. The van der Waals surface area contributed by atoms with Crippen molar-refractivity contribution >= 4 is 10.0 Å². The van der Waals surface area contributed by atoms with Gasteiger partial charge in [0.05, 0.1) is 6.20 Å². The quantitative estimate of drug-likeness (QED) is 0.786. The van der Waals surface area contributed by atoms with E-state index in [1.165, 1.54) is 43.0 Å². The van der Waals surface area contributed by atoms with Crippen LogP contribution in [0.25, 0.3) is 0 Å². The molecule has 0 unspecified atom stereocenters. The van der Waals surface area contributed by atoms with Gasteiger partial charge >= 0.3 is 0 Å². The molecule has 1 aromatic heterocycles. The van der Waals surface area contributed by atoms with E-state index in [0.717, 1.165) is 32.2 Å². The summed E-state index contributed by atoms with van der Waals surface area (Å²) in [6.45, 7) is 5.64. The Bertz CT molecular complexity index is 684. The van der Waals surface area contributed by atoms with Crippen LogP contribution in [0.3, 0.4) is 0 Å². The van der Waals surface area contributed by atoms with Crippen LogP contribution < -0.4 is 0 Å². The van der Waals surface area contributed by atoms with Gasteiger partial charge in [0.15, 0.2) is 0 Å². The van der Waals surface area contributed by atoms with Crippen molar-refractivity contribution in [3.05, 3.63) is 12.4 Å². The first kappa shape index (κ1) is 17.5. The number of hydrogen-bond acceptors (Lipinski definition) is 5. The first-order chi connectivity index (χ1) is 12.0. The molecule has 1 saturated carbocycles. The Morgan fingerprint density at radius 2 is 1.56 bits per heavy atom. The molecule has 2 saturated heterocycles. The van der Waals surface area contributed by atoms with Gasteiger partial charge < -0.3 is 0 Å². The average Bonchev–Trinajstić information content (AvgIpc) is 3.02. The number of piperazine rings is 1. The number of rotatable bonds is 4. The number of aryl methyl sites for hydroxylation is 1. The topological polar surface area (TPSA) is 61.7 Å². The third-order valence-corrected chi connectivity index (χ3v) is 7.89. The molecule has 140 valence electrons. The monoisotopic (exact) mass is 367 g/mol. The number of aromatic nitrogens is 2. The van der Waals surface area contributed by atoms with E-state index in [9.17, 15) is 8.42 Å². The lowest BCUT2D eigenvalue weighted by Crippen LogP contribution is -2.64. The Labute approximate surface area is 150 Å².